The summed E-state index contributed by atoms with van der Waals surface area (Å²) < 4.78 is 27.0. The highest BCUT2D eigenvalue weighted by molar-refractivity contribution is 6.30. The van der Waals surface area contributed by atoms with Gasteiger partial charge in [0.2, 0.25) is 0 Å². The summed E-state index contributed by atoms with van der Waals surface area (Å²) in [6.07, 6.45) is 0. The SMILES string of the molecule is NNc1c(F)cc(C(=O)NCc2ccc(Cl)cc2)cc1F. The summed E-state index contributed by atoms with van der Waals surface area (Å²) in [4.78, 5) is 11.9. The lowest BCUT2D eigenvalue weighted by molar-refractivity contribution is 0.0950. The second-order valence-corrected chi connectivity index (χ2v) is 4.70. The molecule has 0 atom stereocenters. The lowest BCUT2D eigenvalue weighted by Gasteiger charge is -2.08. The Morgan fingerprint density at radius 3 is 2.24 bits per heavy atom. The molecule has 0 fully saturated rings. The third-order valence-electron chi connectivity index (χ3n) is 2.81. The van der Waals surface area contributed by atoms with Crippen molar-refractivity contribution in [3.63, 3.8) is 0 Å². The predicted molar refractivity (Wildman–Crippen MR) is 76.8 cm³/mol. The Labute approximate surface area is 124 Å². The molecule has 4 nitrogen and oxygen atoms in total. The smallest absolute Gasteiger partial charge is 0.251 e. The highest BCUT2D eigenvalue weighted by Crippen LogP contribution is 2.19. The Morgan fingerprint density at radius 1 is 1.14 bits per heavy atom. The number of carbonyl (C=O) groups is 1. The number of nitrogens with two attached hydrogens (primary N) is 1. The monoisotopic (exact) mass is 311 g/mol. The summed E-state index contributed by atoms with van der Waals surface area (Å²) in [5.41, 5.74) is 2.10. The van der Waals surface area contributed by atoms with E-state index in [1.54, 1.807) is 24.3 Å². The number of hydrogen-bond acceptors (Lipinski definition) is 3. The van der Waals surface area contributed by atoms with E-state index < -0.39 is 23.2 Å². The van der Waals surface area contributed by atoms with Crippen molar-refractivity contribution in [3.8, 4) is 0 Å². The second-order valence-electron chi connectivity index (χ2n) is 4.27. The molecule has 0 radical (unpaired) electrons. The first-order valence-corrected chi connectivity index (χ1v) is 6.37. The molecule has 0 aromatic heterocycles. The minimum absolute atomic E-state index is 0.127. The van der Waals surface area contributed by atoms with E-state index in [2.05, 4.69) is 5.32 Å². The van der Waals surface area contributed by atoms with Crippen LogP contribution < -0.4 is 16.6 Å². The van der Waals surface area contributed by atoms with E-state index in [-0.39, 0.29) is 12.1 Å². The number of carbonyl (C=O) groups excluding carboxylic acids is 1. The maximum atomic E-state index is 13.5. The number of hydrogen-bond donors (Lipinski definition) is 3. The van der Waals surface area contributed by atoms with Crippen LogP contribution in [0, 0.1) is 11.6 Å². The van der Waals surface area contributed by atoms with Crippen LogP contribution in [0.1, 0.15) is 15.9 Å². The first-order chi connectivity index (χ1) is 10.0. The van der Waals surface area contributed by atoms with Gasteiger partial charge in [-0.3, -0.25) is 10.6 Å². The van der Waals surface area contributed by atoms with Crippen molar-refractivity contribution < 1.29 is 13.6 Å². The molecular formula is C14H12ClF2N3O. The Bertz CT molecular complexity index is 639. The van der Waals surface area contributed by atoms with Gasteiger partial charge in [0.15, 0.2) is 11.6 Å². The van der Waals surface area contributed by atoms with Gasteiger partial charge in [-0.05, 0) is 29.8 Å². The van der Waals surface area contributed by atoms with Gasteiger partial charge in [-0.15, -0.1) is 0 Å². The Morgan fingerprint density at radius 2 is 1.71 bits per heavy atom. The average Bonchev–Trinajstić information content (AvgIpc) is 2.46. The van der Waals surface area contributed by atoms with Crippen LogP contribution in [-0.4, -0.2) is 5.91 Å². The molecule has 0 aliphatic carbocycles. The summed E-state index contributed by atoms with van der Waals surface area (Å²) in [6.45, 7) is 0.218. The number of nitrogen functional groups attached to an aromatic ring is 1. The number of hydrazine groups is 1. The second kappa shape index (κ2) is 6.51. The largest absolute Gasteiger partial charge is 0.348 e. The van der Waals surface area contributed by atoms with Gasteiger partial charge < -0.3 is 10.7 Å². The number of benzene rings is 2. The molecule has 0 bridgehead atoms. The van der Waals surface area contributed by atoms with Crippen molar-refractivity contribution in [2.75, 3.05) is 5.43 Å². The standard InChI is InChI=1S/C14H12ClF2N3O/c15-10-3-1-8(2-4-10)7-19-14(21)9-5-11(16)13(20-18)12(17)6-9/h1-6,20H,7,18H2,(H,19,21). The molecule has 0 unspecified atom stereocenters. The van der Waals surface area contributed by atoms with Crippen molar-refractivity contribution in [1.82, 2.24) is 5.32 Å². The van der Waals surface area contributed by atoms with Gasteiger partial charge in [0.25, 0.3) is 5.91 Å². The lowest BCUT2D eigenvalue weighted by Crippen LogP contribution is -2.23. The van der Waals surface area contributed by atoms with Crippen LogP contribution in [0.3, 0.4) is 0 Å². The first kappa shape index (κ1) is 15.2. The molecule has 4 N–H and O–H groups in total. The molecule has 0 saturated heterocycles. The fourth-order valence-electron chi connectivity index (χ4n) is 1.73. The van der Waals surface area contributed by atoms with Crippen molar-refractivity contribution in [1.29, 1.82) is 0 Å². The molecule has 110 valence electrons. The molecule has 0 aliphatic rings. The minimum Gasteiger partial charge on any atom is -0.348 e. The van der Waals surface area contributed by atoms with E-state index >= 15 is 0 Å². The van der Waals surface area contributed by atoms with Crippen molar-refractivity contribution in [2.24, 2.45) is 5.84 Å². The number of rotatable bonds is 4. The summed E-state index contributed by atoms with van der Waals surface area (Å²) in [6, 6.07) is 8.68. The number of anilines is 1. The maximum absolute atomic E-state index is 13.5. The molecule has 0 spiro atoms. The zero-order chi connectivity index (χ0) is 15.4. The van der Waals surface area contributed by atoms with E-state index in [0.717, 1.165) is 17.7 Å². The van der Waals surface area contributed by atoms with Crippen molar-refractivity contribution in [3.05, 3.63) is 64.2 Å². The van der Waals surface area contributed by atoms with E-state index in [9.17, 15) is 13.6 Å². The molecule has 0 heterocycles. The number of halogens is 3. The van der Waals surface area contributed by atoms with Crippen LogP contribution >= 0.6 is 11.6 Å². The molecular weight excluding hydrogens is 300 g/mol. The van der Waals surface area contributed by atoms with Crippen LogP contribution in [0.15, 0.2) is 36.4 Å². The summed E-state index contributed by atoms with van der Waals surface area (Å²) in [7, 11) is 0. The van der Waals surface area contributed by atoms with Crippen LogP contribution in [0.5, 0.6) is 0 Å². The summed E-state index contributed by atoms with van der Waals surface area (Å²) in [5, 5.41) is 3.14. The van der Waals surface area contributed by atoms with Crippen molar-refractivity contribution >= 4 is 23.2 Å². The van der Waals surface area contributed by atoms with Gasteiger partial charge in [-0.1, -0.05) is 23.7 Å². The molecule has 1 amide bonds. The quantitative estimate of drug-likeness (QED) is 0.601. The normalized spacial score (nSPS) is 10.3. The molecule has 0 saturated carbocycles. The number of nitrogens with one attached hydrogen (secondary N) is 2. The average molecular weight is 312 g/mol. The van der Waals surface area contributed by atoms with Gasteiger partial charge in [0.1, 0.15) is 5.69 Å². The fourth-order valence-corrected chi connectivity index (χ4v) is 1.85. The van der Waals surface area contributed by atoms with E-state index in [1.807, 2.05) is 5.43 Å². The Kier molecular flexibility index (Phi) is 4.72. The molecule has 2 aromatic rings. The zero-order valence-corrected chi connectivity index (χ0v) is 11.5. The predicted octanol–water partition coefficient (Wildman–Crippen LogP) is 2.83. The molecule has 21 heavy (non-hydrogen) atoms. The van der Waals surface area contributed by atoms with E-state index in [4.69, 9.17) is 17.4 Å². The topological polar surface area (TPSA) is 67.1 Å². The van der Waals surface area contributed by atoms with Crippen LogP contribution in [0.2, 0.25) is 5.02 Å². The van der Waals surface area contributed by atoms with E-state index in [0.29, 0.717) is 5.02 Å². The summed E-state index contributed by atoms with van der Waals surface area (Å²) in [5.74, 6) is 2.52. The van der Waals surface area contributed by atoms with Gasteiger partial charge >= 0.3 is 0 Å². The summed E-state index contributed by atoms with van der Waals surface area (Å²) >= 11 is 5.75. The third kappa shape index (κ3) is 3.68. The lowest BCUT2D eigenvalue weighted by atomic mass is 10.1. The molecule has 2 rings (SSSR count). The molecule has 7 heteroatoms. The highest BCUT2D eigenvalue weighted by Gasteiger charge is 2.14. The number of amides is 1. The first-order valence-electron chi connectivity index (χ1n) is 5.99. The van der Waals surface area contributed by atoms with Gasteiger partial charge in [-0.25, -0.2) is 8.78 Å². The molecule has 0 aliphatic heterocycles. The van der Waals surface area contributed by atoms with Crippen LogP contribution in [-0.2, 0) is 6.54 Å². The van der Waals surface area contributed by atoms with Crippen molar-refractivity contribution in [2.45, 2.75) is 6.54 Å². The van der Waals surface area contributed by atoms with Crippen LogP contribution in [0.25, 0.3) is 0 Å². The van der Waals surface area contributed by atoms with Gasteiger partial charge in [0.05, 0.1) is 0 Å². The molecule has 2 aromatic carbocycles. The minimum atomic E-state index is -0.936. The third-order valence-corrected chi connectivity index (χ3v) is 3.07. The van der Waals surface area contributed by atoms with Crippen LogP contribution in [0.4, 0.5) is 14.5 Å². The zero-order valence-electron chi connectivity index (χ0n) is 10.8. The Balaban J connectivity index is 2.08. The van der Waals surface area contributed by atoms with Gasteiger partial charge in [0, 0.05) is 17.1 Å². The fraction of sp³-hybridized carbons (Fsp3) is 0.0714. The van der Waals surface area contributed by atoms with E-state index in [1.165, 1.54) is 0 Å². The Hall–Kier alpha value is -2.18. The highest BCUT2D eigenvalue weighted by atomic mass is 35.5. The van der Waals surface area contributed by atoms with Gasteiger partial charge in [-0.2, -0.15) is 0 Å². The maximum Gasteiger partial charge on any atom is 0.251 e.